The largest absolute Gasteiger partial charge is 0.389 e. The number of hydrogen-bond donors (Lipinski definition) is 3. The van der Waals surface area contributed by atoms with Crippen LogP contribution in [0.25, 0.3) is 10.6 Å². The molecule has 2 fully saturated rings. The molecule has 3 aromatic rings. The van der Waals surface area contributed by atoms with Crippen LogP contribution in [0.15, 0.2) is 24.4 Å². The van der Waals surface area contributed by atoms with Crippen molar-refractivity contribution in [2.24, 2.45) is 5.73 Å². The average Bonchev–Trinajstić information content (AvgIpc) is 3.50. The topological polar surface area (TPSA) is 115 Å². The molecule has 1 amide bonds. The van der Waals surface area contributed by atoms with Crippen LogP contribution in [-0.4, -0.2) is 46.0 Å². The quantitative estimate of drug-likeness (QED) is 0.501. The number of amides is 1. The van der Waals surface area contributed by atoms with Gasteiger partial charge in [0.1, 0.15) is 33.5 Å². The number of hydrogen-bond acceptors (Lipinski definition) is 7. The summed E-state index contributed by atoms with van der Waals surface area (Å²) < 4.78 is 43.8. The number of nitrogens with zero attached hydrogens (tertiary/aromatic N) is 4. The van der Waals surface area contributed by atoms with Crippen LogP contribution in [-0.2, 0) is 0 Å². The zero-order valence-corrected chi connectivity index (χ0v) is 19.0. The van der Waals surface area contributed by atoms with E-state index >= 15 is 0 Å². The van der Waals surface area contributed by atoms with E-state index in [1.807, 2.05) is 9.58 Å². The number of rotatable bonds is 5. The molecule has 1 saturated heterocycles. The van der Waals surface area contributed by atoms with Crippen molar-refractivity contribution in [2.75, 3.05) is 29.0 Å². The first-order valence-electron chi connectivity index (χ1n) is 11.1. The SMILES string of the molecule is Nc1sc(-c2cc(F)ccc2F)nc1C(=O)Nc1cnn(C2CC2)c1N1CC[C@H](N)[C@@H](F)CC1. The minimum Gasteiger partial charge on any atom is -0.389 e. The second kappa shape index (κ2) is 8.91. The number of anilines is 3. The number of nitrogens with one attached hydrogen (secondary N) is 1. The Labute approximate surface area is 197 Å². The maximum atomic E-state index is 14.2. The van der Waals surface area contributed by atoms with Crippen LogP contribution in [0.1, 0.15) is 42.2 Å². The summed E-state index contributed by atoms with van der Waals surface area (Å²) in [6, 6.07) is 2.70. The minimum absolute atomic E-state index is 0.0697. The summed E-state index contributed by atoms with van der Waals surface area (Å²) in [7, 11) is 0. The molecule has 0 spiro atoms. The number of halogens is 3. The van der Waals surface area contributed by atoms with Gasteiger partial charge in [0.15, 0.2) is 11.5 Å². The molecule has 0 bridgehead atoms. The Bertz CT molecular complexity index is 1210. The van der Waals surface area contributed by atoms with Crippen molar-refractivity contribution in [3.63, 3.8) is 0 Å². The minimum atomic E-state index is -1.09. The smallest absolute Gasteiger partial charge is 0.277 e. The van der Waals surface area contributed by atoms with Gasteiger partial charge in [0, 0.05) is 24.7 Å². The second-order valence-corrected chi connectivity index (χ2v) is 9.64. The third kappa shape index (κ3) is 4.34. The van der Waals surface area contributed by atoms with Gasteiger partial charge in [-0.2, -0.15) is 5.10 Å². The normalized spacial score (nSPS) is 20.9. The van der Waals surface area contributed by atoms with Gasteiger partial charge in [-0.25, -0.2) is 22.8 Å². The summed E-state index contributed by atoms with van der Waals surface area (Å²) in [6.07, 6.45) is 3.18. The van der Waals surface area contributed by atoms with E-state index in [9.17, 15) is 18.0 Å². The number of aromatic nitrogens is 3. The van der Waals surface area contributed by atoms with Crippen molar-refractivity contribution in [3.8, 4) is 10.6 Å². The monoisotopic (exact) mass is 491 g/mol. The number of nitrogens with two attached hydrogens (primary N) is 2. The number of carbonyl (C=O) groups excluding carboxylic acids is 1. The standard InChI is InChI=1S/C22H24F3N7OS/c23-11-1-4-14(24)13(9-11)21-30-18(19(27)34-21)20(33)29-17-10-28-32(12-2-3-12)22(17)31-7-5-15(25)16(26)6-8-31/h1,4,9-10,12,15-16H,2-3,5-8,26-27H2,(H,29,33)/t15-,16-/m0/s1. The maximum Gasteiger partial charge on any atom is 0.277 e. The lowest BCUT2D eigenvalue weighted by atomic mass is 10.1. The lowest BCUT2D eigenvalue weighted by Gasteiger charge is -2.25. The first-order valence-corrected chi connectivity index (χ1v) is 11.9. The highest BCUT2D eigenvalue weighted by molar-refractivity contribution is 7.19. The molecule has 1 aliphatic heterocycles. The van der Waals surface area contributed by atoms with Crippen LogP contribution >= 0.6 is 11.3 Å². The number of benzene rings is 1. The zero-order valence-electron chi connectivity index (χ0n) is 18.2. The molecule has 2 aliphatic rings. The van der Waals surface area contributed by atoms with Crippen molar-refractivity contribution in [1.82, 2.24) is 14.8 Å². The van der Waals surface area contributed by atoms with Crippen LogP contribution in [0.3, 0.4) is 0 Å². The molecule has 1 aromatic carbocycles. The molecule has 1 aliphatic carbocycles. The molecule has 3 heterocycles. The molecule has 2 aromatic heterocycles. The van der Waals surface area contributed by atoms with E-state index in [1.165, 1.54) is 0 Å². The molecule has 2 atom stereocenters. The zero-order chi connectivity index (χ0) is 24.0. The lowest BCUT2D eigenvalue weighted by molar-refractivity contribution is 0.102. The number of nitrogen functional groups attached to an aromatic ring is 1. The lowest BCUT2D eigenvalue weighted by Crippen LogP contribution is -2.31. The third-order valence-corrected chi connectivity index (χ3v) is 7.03. The Balaban J connectivity index is 1.42. The maximum absolute atomic E-state index is 14.2. The predicted octanol–water partition coefficient (Wildman–Crippen LogP) is 3.72. The predicted molar refractivity (Wildman–Crippen MR) is 125 cm³/mol. The van der Waals surface area contributed by atoms with Crippen LogP contribution < -0.4 is 21.7 Å². The first-order chi connectivity index (χ1) is 16.3. The van der Waals surface area contributed by atoms with Gasteiger partial charge in [-0.3, -0.25) is 4.79 Å². The molecule has 0 radical (unpaired) electrons. The van der Waals surface area contributed by atoms with Gasteiger partial charge in [-0.1, -0.05) is 11.3 Å². The van der Waals surface area contributed by atoms with E-state index in [0.29, 0.717) is 31.0 Å². The van der Waals surface area contributed by atoms with Crippen molar-refractivity contribution < 1.29 is 18.0 Å². The Kier molecular flexibility index (Phi) is 5.94. The highest BCUT2D eigenvalue weighted by atomic mass is 32.1. The molecule has 180 valence electrons. The molecular formula is C22H24F3N7OS. The average molecular weight is 492 g/mol. The number of carbonyl (C=O) groups is 1. The summed E-state index contributed by atoms with van der Waals surface area (Å²) in [5.41, 5.74) is 12.2. The Morgan fingerprint density at radius 1 is 1.18 bits per heavy atom. The fraction of sp³-hybridized carbons (Fsp3) is 0.409. The highest BCUT2D eigenvalue weighted by Crippen LogP contribution is 2.41. The third-order valence-electron chi connectivity index (χ3n) is 6.11. The summed E-state index contributed by atoms with van der Waals surface area (Å²) in [5.74, 6) is -1.19. The van der Waals surface area contributed by atoms with Gasteiger partial charge in [0.25, 0.3) is 5.91 Å². The molecule has 5 N–H and O–H groups in total. The molecule has 5 rings (SSSR count). The van der Waals surface area contributed by atoms with Gasteiger partial charge in [0.05, 0.1) is 12.2 Å². The molecule has 12 heteroatoms. The van der Waals surface area contributed by atoms with Crippen LogP contribution in [0.4, 0.5) is 29.7 Å². The Morgan fingerprint density at radius 3 is 2.71 bits per heavy atom. The van der Waals surface area contributed by atoms with Gasteiger partial charge >= 0.3 is 0 Å². The second-order valence-electron chi connectivity index (χ2n) is 8.61. The van der Waals surface area contributed by atoms with E-state index in [2.05, 4.69) is 15.4 Å². The molecule has 34 heavy (non-hydrogen) atoms. The van der Waals surface area contributed by atoms with E-state index in [1.54, 1.807) is 6.20 Å². The van der Waals surface area contributed by atoms with E-state index in [4.69, 9.17) is 11.5 Å². The summed E-state index contributed by atoms with van der Waals surface area (Å²) in [4.78, 5) is 19.3. The highest BCUT2D eigenvalue weighted by Gasteiger charge is 2.33. The summed E-state index contributed by atoms with van der Waals surface area (Å²) in [6.45, 7) is 0.975. The van der Waals surface area contributed by atoms with Gasteiger partial charge < -0.3 is 21.7 Å². The first kappa shape index (κ1) is 22.7. The fourth-order valence-electron chi connectivity index (χ4n) is 4.10. The molecule has 8 nitrogen and oxygen atoms in total. The summed E-state index contributed by atoms with van der Waals surface area (Å²) >= 11 is 0.897. The fourth-order valence-corrected chi connectivity index (χ4v) is 4.95. The molecule has 1 saturated carbocycles. The van der Waals surface area contributed by atoms with Crippen molar-refractivity contribution in [1.29, 1.82) is 0 Å². The summed E-state index contributed by atoms with van der Waals surface area (Å²) in [5, 5.41) is 7.45. The van der Waals surface area contributed by atoms with E-state index in [0.717, 1.165) is 42.4 Å². The van der Waals surface area contributed by atoms with Crippen molar-refractivity contribution in [2.45, 2.75) is 43.9 Å². The van der Waals surface area contributed by atoms with E-state index < -0.39 is 29.8 Å². The van der Waals surface area contributed by atoms with Crippen LogP contribution in [0, 0.1) is 11.6 Å². The van der Waals surface area contributed by atoms with E-state index in [-0.39, 0.29) is 33.7 Å². The Morgan fingerprint density at radius 2 is 1.94 bits per heavy atom. The van der Waals surface area contributed by atoms with Crippen molar-refractivity contribution in [3.05, 3.63) is 41.7 Å². The Hall–Kier alpha value is -3.12. The molecular weight excluding hydrogens is 467 g/mol. The number of alkyl halides is 1. The van der Waals surface area contributed by atoms with Crippen LogP contribution in [0.2, 0.25) is 0 Å². The van der Waals surface area contributed by atoms with Gasteiger partial charge in [-0.05, 0) is 43.9 Å². The van der Waals surface area contributed by atoms with Crippen LogP contribution in [0.5, 0.6) is 0 Å². The molecule has 0 unspecified atom stereocenters. The van der Waals surface area contributed by atoms with Crippen molar-refractivity contribution >= 4 is 33.8 Å². The van der Waals surface area contributed by atoms with Gasteiger partial charge in [0.2, 0.25) is 0 Å². The van der Waals surface area contributed by atoms with Gasteiger partial charge in [-0.15, -0.1) is 0 Å². The number of thiazole rings is 1.